The van der Waals surface area contributed by atoms with Crippen molar-refractivity contribution in [2.75, 3.05) is 7.05 Å². The Morgan fingerprint density at radius 2 is 2.00 bits per heavy atom. The third kappa shape index (κ3) is 2.62. The Kier molecular flexibility index (Phi) is 4.42. The number of hydrogen-bond donors (Lipinski definition) is 1. The molecule has 0 radical (unpaired) electrons. The van der Waals surface area contributed by atoms with E-state index in [-0.39, 0.29) is 22.5 Å². The molecule has 0 unspecified atom stereocenters. The Hall–Kier alpha value is -0.330. The van der Waals surface area contributed by atoms with Crippen LogP contribution in [0.1, 0.15) is 24.8 Å². The molecule has 2 N–H and O–H groups in total. The van der Waals surface area contributed by atoms with E-state index in [1.807, 2.05) is 0 Å². The molecule has 1 saturated carbocycles. The van der Waals surface area contributed by atoms with Crippen LogP contribution in [0.25, 0.3) is 0 Å². The van der Waals surface area contributed by atoms with Gasteiger partial charge in [-0.2, -0.15) is 4.31 Å². The van der Waals surface area contributed by atoms with Gasteiger partial charge in [-0.25, -0.2) is 8.42 Å². The fraction of sp³-hybridized carbons (Fsp3) is 0.500. The van der Waals surface area contributed by atoms with Gasteiger partial charge in [0, 0.05) is 30.2 Å². The Morgan fingerprint density at radius 3 is 2.47 bits per heavy atom. The van der Waals surface area contributed by atoms with Gasteiger partial charge in [-0.3, -0.25) is 0 Å². The second-order valence-corrected chi connectivity index (χ2v) is 7.40. The van der Waals surface area contributed by atoms with Gasteiger partial charge in [0.05, 0.1) is 5.02 Å². The van der Waals surface area contributed by atoms with Crippen molar-refractivity contribution in [3.63, 3.8) is 0 Å². The monoisotopic (exact) mass is 322 g/mol. The standard InChI is InChI=1S/C12H16Cl2N2O2S/c1-16(8-3-2-4-8)19(17,18)11-6-5-10(13)9(7-15)12(11)14/h5-6,8H,2-4,7,15H2,1H3. The van der Waals surface area contributed by atoms with Gasteiger partial charge in [0.15, 0.2) is 0 Å². The van der Waals surface area contributed by atoms with Crippen molar-refractivity contribution < 1.29 is 8.42 Å². The molecular weight excluding hydrogens is 307 g/mol. The third-order valence-corrected chi connectivity index (χ3v) is 6.45. The van der Waals surface area contributed by atoms with Gasteiger partial charge < -0.3 is 5.73 Å². The maximum Gasteiger partial charge on any atom is 0.244 e. The van der Waals surface area contributed by atoms with Crippen molar-refractivity contribution in [3.8, 4) is 0 Å². The zero-order valence-electron chi connectivity index (χ0n) is 10.6. The van der Waals surface area contributed by atoms with Gasteiger partial charge in [0.25, 0.3) is 0 Å². The van der Waals surface area contributed by atoms with Crippen LogP contribution < -0.4 is 5.73 Å². The molecule has 0 aliphatic heterocycles. The van der Waals surface area contributed by atoms with E-state index in [1.165, 1.54) is 16.4 Å². The lowest BCUT2D eigenvalue weighted by atomic mass is 9.94. The molecule has 1 aromatic carbocycles. The molecule has 1 fully saturated rings. The van der Waals surface area contributed by atoms with Gasteiger partial charge in [0.2, 0.25) is 10.0 Å². The normalized spacial score (nSPS) is 16.7. The molecular formula is C12H16Cl2N2O2S. The number of halogens is 2. The van der Waals surface area contributed by atoms with Gasteiger partial charge >= 0.3 is 0 Å². The lowest BCUT2D eigenvalue weighted by Crippen LogP contribution is -2.41. The maximum atomic E-state index is 12.5. The first-order chi connectivity index (χ1) is 8.89. The highest BCUT2D eigenvalue weighted by molar-refractivity contribution is 7.89. The highest BCUT2D eigenvalue weighted by Gasteiger charge is 2.33. The van der Waals surface area contributed by atoms with E-state index in [2.05, 4.69) is 0 Å². The van der Waals surface area contributed by atoms with Crippen LogP contribution in [-0.2, 0) is 16.6 Å². The second kappa shape index (κ2) is 5.58. The molecule has 4 nitrogen and oxygen atoms in total. The molecule has 2 rings (SSSR count). The molecule has 0 amide bonds. The minimum atomic E-state index is -3.59. The molecule has 1 aliphatic rings. The van der Waals surface area contributed by atoms with Crippen LogP contribution in [0.5, 0.6) is 0 Å². The van der Waals surface area contributed by atoms with Crippen molar-refractivity contribution in [1.82, 2.24) is 4.31 Å². The topological polar surface area (TPSA) is 63.4 Å². The van der Waals surface area contributed by atoms with Crippen LogP contribution in [0.4, 0.5) is 0 Å². The number of nitrogens with two attached hydrogens (primary N) is 1. The summed E-state index contributed by atoms with van der Waals surface area (Å²) in [6.07, 6.45) is 2.85. The van der Waals surface area contributed by atoms with Crippen LogP contribution in [0.2, 0.25) is 10.0 Å². The van der Waals surface area contributed by atoms with Crippen LogP contribution in [-0.4, -0.2) is 25.8 Å². The molecule has 1 aliphatic carbocycles. The average Bonchev–Trinajstić information content (AvgIpc) is 2.26. The lowest BCUT2D eigenvalue weighted by Gasteiger charge is -2.34. The SMILES string of the molecule is CN(C1CCC1)S(=O)(=O)c1ccc(Cl)c(CN)c1Cl. The van der Waals surface area contributed by atoms with Gasteiger partial charge in [-0.05, 0) is 25.0 Å². The molecule has 19 heavy (non-hydrogen) atoms. The van der Waals surface area contributed by atoms with E-state index in [4.69, 9.17) is 28.9 Å². The maximum absolute atomic E-state index is 12.5. The zero-order chi connectivity index (χ0) is 14.2. The Balaban J connectivity index is 2.46. The number of hydrogen-bond acceptors (Lipinski definition) is 3. The molecule has 0 bridgehead atoms. The number of benzene rings is 1. The fourth-order valence-corrected chi connectivity index (χ4v) is 4.38. The quantitative estimate of drug-likeness (QED) is 0.926. The fourth-order valence-electron chi connectivity index (χ4n) is 2.06. The summed E-state index contributed by atoms with van der Waals surface area (Å²) < 4.78 is 26.4. The van der Waals surface area contributed by atoms with Crippen LogP contribution in [0.3, 0.4) is 0 Å². The third-order valence-electron chi connectivity index (χ3n) is 3.60. The van der Waals surface area contributed by atoms with Crippen molar-refractivity contribution in [2.45, 2.75) is 36.7 Å². The molecule has 0 spiro atoms. The summed E-state index contributed by atoms with van der Waals surface area (Å²) in [7, 11) is -2.00. The first kappa shape index (κ1) is 15.1. The minimum absolute atomic E-state index is 0.0677. The molecule has 0 heterocycles. The van der Waals surface area contributed by atoms with Crippen molar-refractivity contribution in [2.24, 2.45) is 5.73 Å². The van der Waals surface area contributed by atoms with E-state index in [1.54, 1.807) is 7.05 Å². The highest BCUT2D eigenvalue weighted by atomic mass is 35.5. The summed E-state index contributed by atoms with van der Waals surface area (Å²) in [6.45, 7) is 0.105. The second-order valence-electron chi connectivity index (χ2n) is 4.65. The van der Waals surface area contributed by atoms with E-state index < -0.39 is 10.0 Å². The van der Waals surface area contributed by atoms with Gasteiger partial charge in [-0.1, -0.05) is 29.6 Å². The van der Waals surface area contributed by atoms with Crippen LogP contribution >= 0.6 is 23.2 Å². The largest absolute Gasteiger partial charge is 0.326 e. The number of rotatable bonds is 4. The molecule has 106 valence electrons. The molecule has 0 atom stereocenters. The Labute approximate surface area is 123 Å². The predicted molar refractivity (Wildman–Crippen MR) is 76.9 cm³/mol. The summed E-state index contributed by atoms with van der Waals surface area (Å²) in [4.78, 5) is 0.0772. The van der Waals surface area contributed by atoms with Crippen LogP contribution in [0, 0.1) is 0 Å². The Bertz CT molecular complexity index is 586. The number of nitrogens with zero attached hydrogens (tertiary/aromatic N) is 1. The van der Waals surface area contributed by atoms with Crippen molar-refractivity contribution in [3.05, 3.63) is 27.7 Å². The van der Waals surface area contributed by atoms with Crippen molar-refractivity contribution in [1.29, 1.82) is 0 Å². The summed E-state index contributed by atoms with van der Waals surface area (Å²) in [6, 6.07) is 3.03. The summed E-state index contributed by atoms with van der Waals surface area (Å²) in [5.74, 6) is 0. The molecule has 0 saturated heterocycles. The van der Waals surface area contributed by atoms with E-state index >= 15 is 0 Å². The smallest absolute Gasteiger partial charge is 0.244 e. The molecule has 1 aromatic rings. The lowest BCUT2D eigenvalue weighted by molar-refractivity contribution is 0.249. The van der Waals surface area contributed by atoms with Crippen LogP contribution in [0.15, 0.2) is 17.0 Å². The average molecular weight is 323 g/mol. The predicted octanol–water partition coefficient (Wildman–Crippen LogP) is 2.63. The van der Waals surface area contributed by atoms with Gasteiger partial charge in [-0.15, -0.1) is 0 Å². The highest BCUT2D eigenvalue weighted by Crippen LogP contribution is 2.35. The summed E-state index contributed by atoms with van der Waals surface area (Å²) in [5, 5.41) is 0.513. The Morgan fingerprint density at radius 1 is 1.37 bits per heavy atom. The first-order valence-corrected chi connectivity index (χ1v) is 8.24. The first-order valence-electron chi connectivity index (χ1n) is 6.04. The van der Waals surface area contributed by atoms with E-state index in [0.29, 0.717) is 10.6 Å². The zero-order valence-corrected chi connectivity index (χ0v) is 12.9. The van der Waals surface area contributed by atoms with Crippen molar-refractivity contribution >= 4 is 33.2 Å². The van der Waals surface area contributed by atoms with E-state index in [0.717, 1.165) is 19.3 Å². The van der Waals surface area contributed by atoms with Gasteiger partial charge in [0.1, 0.15) is 4.90 Å². The number of sulfonamides is 1. The summed E-state index contributed by atoms with van der Waals surface area (Å²) >= 11 is 12.1. The summed E-state index contributed by atoms with van der Waals surface area (Å²) in [5.41, 5.74) is 6.02. The minimum Gasteiger partial charge on any atom is -0.326 e. The molecule has 0 aromatic heterocycles. The van der Waals surface area contributed by atoms with E-state index in [9.17, 15) is 8.42 Å². The molecule has 7 heteroatoms.